The molecule has 0 aromatic carbocycles. The van der Waals surface area contributed by atoms with Crippen LogP contribution in [0, 0.1) is 23.2 Å². The first-order chi connectivity index (χ1) is 8.00. The quantitative estimate of drug-likeness (QED) is 0.677. The van der Waals surface area contributed by atoms with Gasteiger partial charge in [-0.05, 0) is 24.8 Å². The number of aliphatic hydroxyl groups excluding tert-OH is 1. The molecule has 4 aliphatic rings. The van der Waals surface area contributed by atoms with Crippen LogP contribution in [0.5, 0.6) is 0 Å². The van der Waals surface area contributed by atoms with Gasteiger partial charge in [0.2, 0.25) is 11.8 Å². The van der Waals surface area contributed by atoms with E-state index in [2.05, 4.69) is 5.32 Å². The molecule has 1 saturated carbocycles. The van der Waals surface area contributed by atoms with Gasteiger partial charge >= 0.3 is 0 Å². The van der Waals surface area contributed by atoms with Crippen molar-refractivity contribution in [3.05, 3.63) is 11.3 Å². The van der Waals surface area contributed by atoms with Gasteiger partial charge in [-0.25, -0.2) is 0 Å². The molecule has 1 heterocycles. The number of aliphatic hydroxyl groups is 1. The van der Waals surface area contributed by atoms with Crippen molar-refractivity contribution in [3.63, 3.8) is 0 Å². The van der Waals surface area contributed by atoms with E-state index in [4.69, 9.17) is 0 Å². The van der Waals surface area contributed by atoms with E-state index >= 15 is 0 Å². The Labute approximate surface area is 100 Å². The minimum atomic E-state index is -0.337. The number of hydrogen-bond acceptors (Lipinski definition) is 3. The van der Waals surface area contributed by atoms with E-state index < -0.39 is 0 Å². The Morgan fingerprint density at radius 2 is 2.12 bits per heavy atom. The molecule has 3 aliphatic carbocycles. The zero-order chi connectivity index (χ0) is 12.4. The molecule has 2 amide bonds. The maximum atomic E-state index is 11.9. The molecule has 4 nitrogen and oxygen atoms in total. The highest BCUT2D eigenvalue weighted by atomic mass is 16.3. The Balaban J connectivity index is 2.19. The van der Waals surface area contributed by atoms with E-state index in [1.54, 1.807) is 0 Å². The summed E-state index contributed by atoms with van der Waals surface area (Å²) in [5, 5.41) is 12.7. The molecule has 2 fully saturated rings. The van der Waals surface area contributed by atoms with Gasteiger partial charge in [0.25, 0.3) is 0 Å². The number of carbonyl (C=O) groups excluding carboxylic acids is 2. The highest BCUT2D eigenvalue weighted by Crippen LogP contribution is 2.60. The van der Waals surface area contributed by atoms with Crippen molar-refractivity contribution in [3.8, 4) is 0 Å². The third kappa shape index (κ3) is 1.08. The lowest BCUT2D eigenvalue weighted by Crippen LogP contribution is -2.50. The van der Waals surface area contributed by atoms with Gasteiger partial charge in [-0.15, -0.1) is 0 Å². The summed E-state index contributed by atoms with van der Waals surface area (Å²) < 4.78 is 0. The van der Waals surface area contributed by atoms with Crippen LogP contribution in [-0.2, 0) is 9.59 Å². The van der Waals surface area contributed by atoms with Crippen LogP contribution >= 0.6 is 0 Å². The van der Waals surface area contributed by atoms with E-state index in [9.17, 15) is 14.7 Å². The van der Waals surface area contributed by atoms with Crippen molar-refractivity contribution < 1.29 is 14.7 Å². The lowest BCUT2D eigenvalue weighted by atomic mass is 9.51. The van der Waals surface area contributed by atoms with Crippen LogP contribution in [0.1, 0.15) is 33.1 Å². The predicted octanol–water partition coefficient (Wildman–Crippen LogP) is 1.53. The highest BCUT2D eigenvalue weighted by Gasteiger charge is 2.62. The summed E-state index contributed by atoms with van der Waals surface area (Å²) in [6, 6.07) is 0. The molecule has 1 aliphatic heterocycles. The average Bonchev–Trinajstić information content (AvgIpc) is 2.57. The Morgan fingerprint density at radius 1 is 1.41 bits per heavy atom. The Kier molecular flexibility index (Phi) is 1.98. The average molecular weight is 235 g/mol. The maximum absolute atomic E-state index is 11.9. The number of nitrogens with one attached hydrogen (secondary N) is 1. The topological polar surface area (TPSA) is 66.4 Å². The number of allylic oxidation sites excluding steroid dienone is 2. The fourth-order valence-electron chi connectivity index (χ4n) is 4.23. The van der Waals surface area contributed by atoms with Gasteiger partial charge in [-0.3, -0.25) is 14.9 Å². The normalized spacial score (nSPS) is 44.0. The number of rotatable bonds is 1. The lowest BCUT2D eigenvalue weighted by molar-refractivity contribution is -0.130. The van der Waals surface area contributed by atoms with E-state index in [-0.39, 0.29) is 35.0 Å². The molecule has 4 heteroatoms. The summed E-state index contributed by atoms with van der Waals surface area (Å²) in [5.41, 5.74) is 0.661. The minimum Gasteiger partial charge on any atom is -0.512 e. The molecular weight excluding hydrogens is 218 g/mol. The van der Waals surface area contributed by atoms with E-state index in [0.717, 1.165) is 24.8 Å². The van der Waals surface area contributed by atoms with Gasteiger partial charge in [0, 0.05) is 11.3 Å². The molecule has 92 valence electrons. The summed E-state index contributed by atoms with van der Waals surface area (Å²) in [6.07, 6.45) is 2.46. The molecule has 0 aromatic rings. The minimum absolute atomic E-state index is 0.136. The molecule has 0 spiro atoms. The van der Waals surface area contributed by atoms with Crippen LogP contribution < -0.4 is 5.32 Å². The van der Waals surface area contributed by atoms with Crippen LogP contribution in [-0.4, -0.2) is 16.9 Å². The van der Waals surface area contributed by atoms with Crippen LogP contribution in [0.25, 0.3) is 0 Å². The first-order valence-electron chi connectivity index (χ1n) is 6.28. The van der Waals surface area contributed by atoms with E-state index in [0.29, 0.717) is 5.76 Å². The lowest BCUT2D eigenvalue weighted by Gasteiger charge is -2.51. The van der Waals surface area contributed by atoms with Crippen molar-refractivity contribution in [1.82, 2.24) is 5.32 Å². The second kappa shape index (κ2) is 3.12. The van der Waals surface area contributed by atoms with Crippen LogP contribution in [0.15, 0.2) is 11.3 Å². The van der Waals surface area contributed by atoms with Crippen molar-refractivity contribution in [2.24, 2.45) is 23.2 Å². The van der Waals surface area contributed by atoms with Crippen molar-refractivity contribution >= 4 is 11.8 Å². The molecule has 0 radical (unpaired) electrons. The van der Waals surface area contributed by atoms with Gasteiger partial charge < -0.3 is 5.11 Å². The number of hydrogen-bond donors (Lipinski definition) is 2. The zero-order valence-electron chi connectivity index (χ0n) is 10.1. The Morgan fingerprint density at radius 3 is 2.76 bits per heavy atom. The maximum Gasteiger partial charge on any atom is 0.231 e. The summed E-state index contributed by atoms with van der Waals surface area (Å²) in [7, 11) is 0. The summed E-state index contributed by atoms with van der Waals surface area (Å²) >= 11 is 0. The number of carbonyl (C=O) groups is 2. The van der Waals surface area contributed by atoms with Gasteiger partial charge in [-0.2, -0.15) is 0 Å². The van der Waals surface area contributed by atoms with Gasteiger partial charge in [0.1, 0.15) is 0 Å². The third-order valence-electron chi connectivity index (χ3n) is 4.99. The summed E-state index contributed by atoms with van der Waals surface area (Å²) in [4.78, 5) is 23.8. The number of amides is 2. The largest absolute Gasteiger partial charge is 0.512 e. The Bertz CT molecular complexity index is 454. The SMILES string of the molecule is CCC1=C(O)C2CCC1(C)C1C(=O)NC(=O)C21. The van der Waals surface area contributed by atoms with Gasteiger partial charge in [0.15, 0.2) is 0 Å². The molecule has 2 N–H and O–H groups in total. The molecule has 1 saturated heterocycles. The third-order valence-corrected chi connectivity index (χ3v) is 4.99. The number of fused-ring (bicyclic) bond motifs is 1. The van der Waals surface area contributed by atoms with Gasteiger partial charge in [0.05, 0.1) is 17.6 Å². The standard InChI is InChI=1S/C13H17NO3/c1-3-7-10(15)6-4-5-13(7,2)9-8(6)11(16)14-12(9)17/h6,8-9,15H,3-5H2,1-2H3,(H,14,16,17). The van der Waals surface area contributed by atoms with Gasteiger partial charge in [-0.1, -0.05) is 13.8 Å². The monoisotopic (exact) mass is 235 g/mol. The summed E-state index contributed by atoms with van der Waals surface area (Å²) in [6.45, 7) is 4.02. The van der Waals surface area contributed by atoms with Crippen molar-refractivity contribution in [1.29, 1.82) is 0 Å². The first kappa shape index (κ1) is 10.8. The second-order valence-electron chi connectivity index (χ2n) is 5.64. The van der Waals surface area contributed by atoms with Crippen molar-refractivity contribution in [2.45, 2.75) is 33.1 Å². The molecule has 4 atom stereocenters. The van der Waals surface area contributed by atoms with E-state index in [1.807, 2.05) is 13.8 Å². The molecular formula is C13H17NO3. The Hall–Kier alpha value is -1.32. The van der Waals surface area contributed by atoms with Crippen LogP contribution in [0.4, 0.5) is 0 Å². The molecule has 4 rings (SSSR count). The first-order valence-corrected chi connectivity index (χ1v) is 6.28. The highest BCUT2D eigenvalue weighted by molar-refractivity contribution is 6.06. The molecule has 2 bridgehead atoms. The fourth-order valence-corrected chi connectivity index (χ4v) is 4.23. The van der Waals surface area contributed by atoms with Crippen LogP contribution in [0.2, 0.25) is 0 Å². The van der Waals surface area contributed by atoms with Crippen LogP contribution in [0.3, 0.4) is 0 Å². The smallest absolute Gasteiger partial charge is 0.231 e. The fraction of sp³-hybridized carbons (Fsp3) is 0.692. The summed E-state index contributed by atoms with van der Waals surface area (Å²) in [5.74, 6) is -0.699. The molecule has 17 heavy (non-hydrogen) atoms. The molecule has 0 aromatic heterocycles. The zero-order valence-corrected chi connectivity index (χ0v) is 10.1. The van der Waals surface area contributed by atoms with E-state index in [1.165, 1.54) is 0 Å². The number of imide groups is 1. The van der Waals surface area contributed by atoms with Crippen molar-refractivity contribution in [2.75, 3.05) is 0 Å². The second-order valence-corrected chi connectivity index (χ2v) is 5.64. The predicted molar refractivity (Wildman–Crippen MR) is 60.9 cm³/mol. The molecule has 4 unspecified atom stereocenters.